The highest BCUT2D eigenvalue weighted by Gasteiger charge is 2.29. The number of allylic oxidation sites excluding steroid dienone is 5. The summed E-state index contributed by atoms with van der Waals surface area (Å²) >= 11 is 0. The maximum Gasteiger partial charge on any atom is 0.272 e. The minimum atomic E-state index is -0.0860. The van der Waals surface area contributed by atoms with E-state index in [2.05, 4.69) is 37.2 Å². The minimum absolute atomic E-state index is 0.00922. The first-order valence-corrected chi connectivity index (χ1v) is 8.89. The zero-order valence-corrected chi connectivity index (χ0v) is 16.2. The number of fused-ring (bicyclic) bond motifs is 1. The minimum Gasteiger partial charge on any atom is -0.330 e. The third-order valence-corrected chi connectivity index (χ3v) is 4.80. The average molecular weight is 359 g/mol. The maximum absolute atomic E-state index is 13.1. The quantitative estimate of drug-likeness (QED) is 0.446. The Morgan fingerprint density at radius 1 is 1.33 bits per heavy atom. The number of aliphatic imine (C=N–C) groups is 1. The molecule has 0 fully saturated rings. The first-order chi connectivity index (χ1) is 12.9. The number of benzene rings is 1. The van der Waals surface area contributed by atoms with Crippen LogP contribution in [0.15, 0.2) is 77.4 Å². The highest BCUT2D eigenvalue weighted by Crippen LogP contribution is 2.29. The van der Waals surface area contributed by atoms with Crippen LogP contribution >= 0.6 is 0 Å². The van der Waals surface area contributed by atoms with Crippen molar-refractivity contribution in [2.24, 2.45) is 4.99 Å². The summed E-state index contributed by atoms with van der Waals surface area (Å²) in [6.07, 6.45) is 5.91. The molecule has 0 saturated heterocycles. The lowest BCUT2D eigenvalue weighted by Crippen LogP contribution is -2.42. The van der Waals surface area contributed by atoms with Gasteiger partial charge in [0.25, 0.3) is 5.91 Å². The lowest BCUT2D eigenvalue weighted by molar-refractivity contribution is -0.126. The fraction of sp³-hybridized carbons (Fsp3) is 0.261. The normalized spacial score (nSPS) is 17.4. The van der Waals surface area contributed by atoms with Crippen LogP contribution < -0.4 is 0 Å². The highest BCUT2D eigenvalue weighted by molar-refractivity contribution is 6.43. The summed E-state index contributed by atoms with van der Waals surface area (Å²) in [5, 5.41) is 8.77. The second kappa shape index (κ2) is 8.95. The van der Waals surface area contributed by atoms with Gasteiger partial charge in [0.15, 0.2) is 0 Å². The van der Waals surface area contributed by atoms with Crippen molar-refractivity contribution in [3.63, 3.8) is 0 Å². The van der Waals surface area contributed by atoms with Crippen molar-refractivity contribution < 1.29 is 4.79 Å². The number of carbonyl (C=O) groups is 1. The second-order valence-corrected chi connectivity index (χ2v) is 6.56. The molecule has 4 heteroatoms. The molecule has 27 heavy (non-hydrogen) atoms. The first-order valence-electron chi connectivity index (χ1n) is 8.89. The van der Waals surface area contributed by atoms with Gasteiger partial charge in [0, 0.05) is 19.2 Å². The van der Waals surface area contributed by atoms with Crippen molar-refractivity contribution in [1.82, 2.24) is 4.90 Å². The van der Waals surface area contributed by atoms with E-state index in [-0.39, 0.29) is 11.9 Å². The molecule has 1 heterocycles. The van der Waals surface area contributed by atoms with E-state index in [0.717, 1.165) is 12.0 Å². The predicted molar refractivity (Wildman–Crippen MR) is 110 cm³/mol. The van der Waals surface area contributed by atoms with E-state index in [4.69, 9.17) is 5.26 Å². The molecule has 1 aromatic rings. The van der Waals surface area contributed by atoms with E-state index in [1.165, 1.54) is 11.1 Å². The molecule has 1 unspecified atom stereocenters. The van der Waals surface area contributed by atoms with E-state index < -0.39 is 0 Å². The molecule has 1 atom stereocenters. The van der Waals surface area contributed by atoms with Gasteiger partial charge in [-0.1, -0.05) is 43.5 Å². The van der Waals surface area contributed by atoms with Gasteiger partial charge in [0.1, 0.15) is 5.71 Å². The lowest BCUT2D eigenvalue weighted by atomic mass is 9.93. The Bertz CT molecular complexity index is 896. The average Bonchev–Trinajstić information content (AvgIpc) is 2.69. The number of nitriles is 1. The fourth-order valence-corrected chi connectivity index (χ4v) is 3.09. The Balaban J connectivity index is 2.19. The van der Waals surface area contributed by atoms with Gasteiger partial charge in [-0.05, 0) is 54.7 Å². The number of rotatable bonds is 5. The number of hydrogen-bond donors (Lipinski definition) is 0. The summed E-state index contributed by atoms with van der Waals surface area (Å²) in [4.78, 5) is 19.1. The molecule has 0 spiro atoms. The van der Waals surface area contributed by atoms with Gasteiger partial charge < -0.3 is 4.90 Å². The zero-order valence-electron chi connectivity index (χ0n) is 16.2. The number of hydrogen-bond acceptors (Lipinski definition) is 3. The molecule has 1 aromatic carbocycles. The van der Waals surface area contributed by atoms with Crippen molar-refractivity contribution in [2.75, 3.05) is 13.6 Å². The van der Waals surface area contributed by atoms with Gasteiger partial charge in [-0.3, -0.25) is 9.79 Å². The largest absolute Gasteiger partial charge is 0.330 e. The highest BCUT2D eigenvalue weighted by atomic mass is 16.2. The van der Waals surface area contributed by atoms with Crippen molar-refractivity contribution in [1.29, 1.82) is 5.26 Å². The molecule has 0 aromatic heterocycles. The summed E-state index contributed by atoms with van der Waals surface area (Å²) in [6, 6.07) is 10.2. The fourth-order valence-electron chi connectivity index (χ4n) is 3.09. The van der Waals surface area contributed by atoms with Crippen LogP contribution in [-0.2, 0) is 11.2 Å². The van der Waals surface area contributed by atoms with Crippen LogP contribution in [0.1, 0.15) is 31.0 Å². The monoisotopic (exact) mass is 359 g/mol. The van der Waals surface area contributed by atoms with Crippen LogP contribution in [-0.4, -0.2) is 30.1 Å². The summed E-state index contributed by atoms with van der Waals surface area (Å²) in [7, 11) is 1.62. The molecule has 1 aliphatic rings. The van der Waals surface area contributed by atoms with E-state index >= 15 is 0 Å². The topological polar surface area (TPSA) is 56.5 Å². The van der Waals surface area contributed by atoms with Gasteiger partial charge in [-0.2, -0.15) is 5.26 Å². The van der Waals surface area contributed by atoms with E-state index in [1.54, 1.807) is 25.3 Å². The lowest BCUT2D eigenvalue weighted by Gasteiger charge is -2.35. The summed E-state index contributed by atoms with van der Waals surface area (Å²) in [6.45, 7) is 12.2. The Kier molecular flexibility index (Phi) is 6.67. The number of amides is 1. The van der Waals surface area contributed by atoms with Gasteiger partial charge in [0.2, 0.25) is 0 Å². The standard InChI is InChI=1S/C23H25N3O/c1-16(15-24)10-11-17(2)18(3)14-22(25-5)23(27)26-13-12-20-8-6-7-9-21(20)19(26)4/h6-11,14,19H,1-2,12-13H2,3-5H3/b11-10-,18-14+,25-22?. The molecule has 0 bridgehead atoms. The number of nitrogens with zero attached hydrogens (tertiary/aromatic N) is 3. The Hall–Kier alpha value is -3.19. The van der Waals surface area contributed by atoms with Crippen LogP contribution in [0.2, 0.25) is 0 Å². The molecule has 1 aliphatic heterocycles. The summed E-state index contributed by atoms with van der Waals surface area (Å²) in [5.74, 6) is -0.0860. The van der Waals surface area contributed by atoms with Gasteiger partial charge in [0.05, 0.1) is 12.1 Å². The third kappa shape index (κ3) is 4.71. The molecule has 4 nitrogen and oxygen atoms in total. The maximum atomic E-state index is 13.1. The molecule has 138 valence electrons. The third-order valence-electron chi connectivity index (χ3n) is 4.80. The van der Waals surface area contributed by atoms with E-state index in [0.29, 0.717) is 23.4 Å². The van der Waals surface area contributed by atoms with Gasteiger partial charge in [-0.15, -0.1) is 0 Å². The SMILES string of the molecule is C=C(C#N)/C=C\C(=C)/C(C)=C/C(=NC)C(=O)N1CCc2ccccc2C1C. The molecule has 0 radical (unpaired) electrons. The van der Waals surface area contributed by atoms with Crippen molar-refractivity contribution in [2.45, 2.75) is 26.3 Å². The zero-order chi connectivity index (χ0) is 20.0. The summed E-state index contributed by atoms with van der Waals surface area (Å²) < 4.78 is 0. The first kappa shape index (κ1) is 20.1. The van der Waals surface area contributed by atoms with Crippen LogP contribution in [0.25, 0.3) is 0 Å². The molecule has 2 rings (SSSR count). The molecule has 1 amide bonds. The van der Waals surface area contributed by atoms with Gasteiger partial charge >= 0.3 is 0 Å². The summed E-state index contributed by atoms with van der Waals surface area (Å²) in [5.41, 5.74) is 4.76. The Morgan fingerprint density at radius 3 is 2.70 bits per heavy atom. The second-order valence-electron chi connectivity index (χ2n) is 6.56. The van der Waals surface area contributed by atoms with Crippen molar-refractivity contribution in [3.8, 4) is 6.07 Å². The van der Waals surface area contributed by atoms with Crippen molar-refractivity contribution in [3.05, 3.63) is 83.5 Å². The molecular formula is C23H25N3O. The van der Waals surface area contributed by atoms with E-state index in [9.17, 15) is 4.79 Å². The molecule has 0 aliphatic carbocycles. The molecule has 0 saturated carbocycles. The number of carbonyl (C=O) groups excluding carboxylic acids is 1. The Morgan fingerprint density at radius 2 is 2.04 bits per heavy atom. The smallest absolute Gasteiger partial charge is 0.272 e. The van der Waals surface area contributed by atoms with Crippen molar-refractivity contribution >= 4 is 11.6 Å². The van der Waals surface area contributed by atoms with E-state index in [1.807, 2.05) is 30.0 Å². The van der Waals surface area contributed by atoms with Gasteiger partial charge in [-0.25, -0.2) is 0 Å². The molecule has 0 N–H and O–H groups in total. The predicted octanol–water partition coefficient (Wildman–Crippen LogP) is 4.34. The van der Waals surface area contributed by atoms with Crippen LogP contribution in [0.5, 0.6) is 0 Å². The van der Waals surface area contributed by atoms with Crippen LogP contribution in [0, 0.1) is 11.3 Å². The Labute approximate surface area is 161 Å². The van der Waals surface area contributed by atoms with Crippen LogP contribution in [0.3, 0.4) is 0 Å². The molecular weight excluding hydrogens is 334 g/mol. The van der Waals surface area contributed by atoms with Crippen LogP contribution in [0.4, 0.5) is 0 Å².